The van der Waals surface area contributed by atoms with Crippen molar-refractivity contribution in [2.45, 2.75) is 70.1 Å². The highest BCUT2D eigenvalue weighted by Gasteiger charge is 2.56. The highest BCUT2D eigenvalue weighted by atomic mass is 16.6. The molecular weight excluding hydrogens is 378 g/mol. The summed E-state index contributed by atoms with van der Waals surface area (Å²) in [6, 6.07) is -0.609. The molecule has 3 amide bonds. The maximum atomic E-state index is 13.4. The monoisotopic (exact) mass is 409 g/mol. The summed E-state index contributed by atoms with van der Waals surface area (Å²) in [6.07, 6.45) is 2.58. The van der Waals surface area contributed by atoms with Gasteiger partial charge in [-0.1, -0.05) is 0 Å². The molecule has 0 aromatic carbocycles. The fourth-order valence-electron chi connectivity index (χ4n) is 4.62. The van der Waals surface area contributed by atoms with E-state index in [0.717, 1.165) is 12.8 Å². The van der Waals surface area contributed by atoms with E-state index in [1.54, 1.807) is 25.7 Å². The summed E-state index contributed by atoms with van der Waals surface area (Å²) in [5.74, 6) is -0.868. The molecule has 3 aliphatic rings. The lowest BCUT2D eigenvalue weighted by Crippen LogP contribution is -2.58. The second kappa shape index (κ2) is 7.84. The Morgan fingerprint density at radius 2 is 1.83 bits per heavy atom. The van der Waals surface area contributed by atoms with E-state index in [-0.39, 0.29) is 18.4 Å². The maximum absolute atomic E-state index is 13.4. The predicted molar refractivity (Wildman–Crippen MR) is 103 cm³/mol. The number of rotatable bonds is 3. The van der Waals surface area contributed by atoms with Gasteiger partial charge in [-0.3, -0.25) is 19.3 Å². The van der Waals surface area contributed by atoms with E-state index < -0.39 is 29.2 Å². The van der Waals surface area contributed by atoms with Gasteiger partial charge in [0.15, 0.2) is 0 Å². The van der Waals surface area contributed by atoms with E-state index in [1.807, 2.05) is 0 Å². The lowest BCUT2D eigenvalue weighted by molar-refractivity contribution is -0.152. The van der Waals surface area contributed by atoms with Crippen molar-refractivity contribution in [1.82, 2.24) is 14.7 Å². The summed E-state index contributed by atoms with van der Waals surface area (Å²) in [5.41, 5.74) is -1.55. The molecule has 9 nitrogen and oxygen atoms in total. The highest BCUT2D eigenvalue weighted by Crippen LogP contribution is 2.40. The van der Waals surface area contributed by atoms with Crippen molar-refractivity contribution in [2.24, 2.45) is 0 Å². The number of likely N-dealkylation sites (tertiary alicyclic amines) is 3. The van der Waals surface area contributed by atoms with Crippen LogP contribution in [0.25, 0.3) is 0 Å². The number of carbonyl (C=O) groups excluding carboxylic acids is 4. The van der Waals surface area contributed by atoms with Crippen molar-refractivity contribution in [3.8, 4) is 0 Å². The average Bonchev–Trinajstić information content (AvgIpc) is 3.35. The molecule has 1 spiro atoms. The van der Waals surface area contributed by atoms with Crippen LogP contribution in [0.1, 0.15) is 52.9 Å². The molecule has 1 unspecified atom stereocenters. The van der Waals surface area contributed by atoms with E-state index in [4.69, 9.17) is 4.74 Å². The SMILES string of the molecule is COC(=O)CN1CC[C@]2(CCCN2C(=O)C2CCCN2C(=O)OC(C)(C)C)C1=O. The molecular formula is C20H31N3O6. The van der Waals surface area contributed by atoms with Crippen molar-refractivity contribution in [3.05, 3.63) is 0 Å². The minimum absolute atomic E-state index is 0.105. The van der Waals surface area contributed by atoms with Gasteiger partial charge in [-0.05, 0) is 52.9 Å². The predicted octanol–water partition coefficient (Wildman–Crippen LogP) is 1.15. The molecule has 3 saturated heterocycles. The Morgan fingerprint density at radius 3 is 2.48 bits per heavy atom. The number of nitrogens with zero attached hydrogens (tertiary/aromatic N) is 3. The van der Waals surface area contributed by atoms with Crippen molar-refractivity contribution < 1.29 is 28.7 Å². The normalized spacial score (nSPS) is 27.1. The summed E-state index contributed by atoms with van der Waals surface area (Å²) in [4.78, 5) is 55.4. The van der Waals surface area contributed by atoms with E-state index in [2.05, 4.69) is 4.74 Å². The zero-order valence-corrected chi connectivity index (χ0v) is 17.7. The van der Waals surface area contributed by atoms with E-state index in [1.165, 1.54) is 16.9 Å². The van der Waals surface area contributed by atoms with Gasteiger partial charge in [0.1, 0.15) is 23.7 Å². The van der Waals surface area contributed by atoms with Gasteiger partial charge in [0, 0.05) is 19.6 Å². The van der Waals surface area contributed by atoms with Crippen LogP contribution in [0.15, 0.2) is 0 Å². The van der Waals surface area contributed by atoms with Crippen LogP contribution in [0.2, 0.25) is 0 Å². The third-order valence-electron chi connectivity index (χ3n) is 5.95. The second-order valence-corrected chi connectivity index (χ2v) is 9.01. The fourth-order valence-corrected chi connectivity index (χ4v) is 4.62. The Kier molecular flexibility index (Phi) is 5.78. The molecule has 9 heteroatoms. The van der Waals surface area contributed by atoms with Gasteiger partial charge in [-0.25, -0.2) is 4.79 Å². The summed E-state index contributed by atoms with van der Waals surface area (Å²) >= 11 is 0. The van der Waals surface area contributed by atoms with Crippen LogP contribution in [0.3, 0.4) is 0 Å². The van der Waals surface area contributed by atoms with Gasteiger partial charge in [0.25, 0.3) is 0 Å². The smallest absolute Gasteiger partial charge is 0.410 e. The molecule has 0 aromatic heterocycles. The number of esters is 1. The van der Waals surface area contributed by atoms with E-state index in [9.17, 15) is 19.2 Å². The van der Waals surface area contributed by atoms with Crippen LogP contribution >= 0.6 is 0 Å². The van der Waals surface area contributed by atoms with Crippen molar-refractivity contribution >= 4 is 23.9 Å². The molecule has 3 rings (SSSR count). The molecule has 0 N–H and O–H groups in total. The number of hydrogen-bond acceptors (Lipinski definition) is 6. The third kappa shape index (κ3) is 4.04. The van der Waals surface area contributed by atoms with Crippen LogP contribution in [0, 0.1) is 0 Å². The van der Waals surface area contributed by atoms with Gasteiger partial charge in [-0.2, -0.15) is 0 Å². The second-order valence-electron chi connectivity index (χ2n) is 9.01. The first-order valence-electron chi connectivity index (χ1n) is 10.3. The molecule has 3 heterocycles. The Hall–Kier alpha value is -2.32. The van der Waals surface area contributed by atoms with Gasteiger partial charge in [0.2, 0.25) is 11.8 Å². The Bertz CT molecular complexity index is 703. The molecule has 3 fully saturated rings. The summed E-state index contributed by atoms with van der Waals surface area (Å²) in [6.45, 7) is 6.63. The first kappa shape index (κ1) is 21.4. The molecule has 2 atom stereocenters. The third-order valence-corrected chi connectivity index (χ3v) is 5.95. The minimum atomic E-state index is -0.909. The van der Waals surface area contributed by atoms with Crippen molar-refractivity contribution in [2.75, 3.05) is 33.3 Å². The summed E-state index contributed by atoms with van der Waals surface area (Å²) in [5, 5.41) is 0. The number of carbonyl (C=O) groups is 4. The summed E-state index contributed by atoms with van der Waals surface area (Å²) < 4.78 is 10.1. The van der Waals surface area contributed by atoms with E-state index >= 15 is 0 Å². The Balaban J connectivity index is 1.75. The van der Waals surface area contributed by atoms with Gasteiger partial charge in [-0.15, -0.1) is 0 Å². The summed E-state index contributed by atoms with van der Waals surface area (Å²) in [7, 11) is 1.29. The van der Waals surface area contributed by atoms with Crippen LogP contribution < -0.4 is 0 Å². The molecule has 0 aliphatic carbocycles. The lowest BCUT2D eigenvalue weighted by Gasteiger charge is -2.37. The molecule has 29 heavy (non-hydrogen) atoms. The zero-order chi connectivity index (χ0) is 21.4. The van der Waals surface area contributed by atoms with Crippen molar-refractivity contribution in [3.63, 3.8) is 0 Å². The van der Waals surface area contributed by atoms with E-state index in [0.29, 0.717) is 38.9 Å². The molecule has 162 valence electrons. The maximum Gasteiger partial charge on any atom is 0.410 e. The molecule has 0 bridgehead atoms. The van der Waals surface area contributed by atoms with Crippen LogP contribution in [0.4, 0.5) is 4.79 Å². The lowest BCUT2D eigenvalue weighted by atomic mass is 9.93. The first-order valence-corrected chi connectivity index (χ1v) is 10.3. The Labute approximate surface area is 171 Å². The van der Waals surface area contributed by atoms with Crippen LogP contribution in [0.5, 0.6) is 0 Å². The molecule has 0 radical (unpaired) electrons. The molecule has 0 aromatic rings. The molecule has 3 aliphatic heterocycles. The van der Waals surface area contributed by atoms with Crippen LogP contribution in [-0.4, -0.2) is 89.0 Å². The van der Waals surface area contributed by atoms with Gasteiger partial charge in [0.05, 0.1) is 7.11 Å². The number of methoxy groups -OCH3 is 1. The van der Waals surface area contributed by atoms with Crippen molar-refractivity contribution in [1.29, 1.82) is 0 Å². The minimum Gasteiger partial charge on any atom is -0.468 e. The molecule has 0 saturated carbocycles. The zero-order valence-electron chi connectivity index (χ0n) is 17.7. The Morgan fingerprint density at radius 1 is 1.10 bits per heavy atom. The van der Waals surface area contributed by atoms with Gasteiger partial charge < -0.3 is 19.3 Å². The number of amides is 3. The standard InChI is InChI=1S/C20H31N3O6/c1-19(2,3)29-18(27)22-10-5-7-14(22)16(25)23-11-6-8-20(23)9-12-21(17(20)26)13-15(24)28-4/h14H,5-13H2,1-4H3/t14?,20-/m1/s1. The first-order chi connectivity index (χ1) is 13.6. The average molecular weight is 409 g/mol. The fraction of sp³-hybridized carbons (Fsp3) is 0.800. The van der Waals surface area contributed by atoms with Gasteiger partial charge >= 0.3 is 12.1 Å². The number of ether oxygens (including phenoxy) is 2. The number of hydrogen-bond donors (Lipinski definition) is 0. The largest absolute Gasteiger partial charge is 0.468 e. The topological polar surface area (TPSA) is 96.5 Å². The quantitative estimate of drug-likeness (QED) is 0.649. The van der Waals surface area contributed by atoms with Crippen LogP contribution in [-0.2, 0) is 23.9 Å². The highest BCUT2D eigenvalue weighted by molar-refractivity contribution is 5.97.